The molecule has 124 valence electrons. The maximum absolute atomic E-state index is 12.9. The van der Waals surface area contributed by atoms with Crippen LogP contribution < -0.4 is 10.3 Å². The first kappa shape index (κ1) is 15.9. The van der Waals surface area contributed by atoms with Crippen molar-refractivity contribution in [3.05, 3.63) is 58.4 Å². The summed E-state index contributed by atoms with van der Waals surface area (Å²) in [5, 5.41) is 10.7. The predicted molar refractivity (Wildman–Crippen MR) is 83.2 cm³/mol. The Balaban J connectivity index is 2.26. The van der Waals surface area contributed by atoms with Gasteiger partial charge in [-0.2, -0.15) is 13.2 Å². The SMILES string of the molecule is COc1ccc2c(O)c(-c3cccc(C(F)(F)F)c3)c(=O)[nH]c2c1. The highest BCUT2D eigenvalue weighted by atomic mass is 19.4. The summed E-state index contributed by atoms with van der Waals surface area (Å²) < 4.78 is 43.6. The average molecular weight is 335 g/mol. The van der Waals surface area contributed by atoms with Gasteiger partial charge in [-0.05, 0) is 29.8 Å². The molecular formula is C17H12F3NO3. The second kappa shape index (κ2) is 5.59. The van der Waals surface area contributed by atoms with E-state index in [0.717, 1.165) is 12.1 Å². The zero-order valence-corrected chi connectivity index (χ0v) is 12.4. The van der Waals surface area contributed by atoms with Gasteiger partial charge >= 0.3 is 6.18 Å². The highest BCUT2D eigenvalue weighted by molar-refractivity contribution is 5.92. The van der Waals surface area contributed by atoms with Gasteiger partial charge in [-0.1, -0.05) is 12.1 Å². The number of methoxy groups -OCH3 is 1. The molecule has 0 saturated carbocycles. The van der Waals surface area contributed by atoms with Crippen LogP contribution in [0.2, 0.25) is 0 Å². The quantitative estimate of drug-likeness (QED) is 0.746. The predicted octanol–water partition coefficient (Wildman–Crippen LogP) is 3.93. The Morgan fingerprint density at radius 1 is 1.12 bits per heavy atom. The number of aromatic amines is 1. The third-order valence-corrected chi connectivity index (χ3v) is 3.67. The number of hydrogen-bond acceptors (Lipinski definition) is 3. The van der Waals surface area contributed by atoms with E-state index in [2.05, 4.69) is 4.98 Å². The lowest BCUT2D eigenvalue weighted by molar-refractivity contribution is -0.137. The second-order valence-corrected chi connectivity index (χ2v) is 5.17. The van der Waals surface area contributed by atoms with Crippen LogP contribution in [-0.2, 0) is 6.18 Å². The minimum atomic E-state index is -4.54. The largest absolute Gasteiger partial charge is 0.506 e. The number of halogens is 3. The molecule has 3 rings (SSSR count). The summed E-state index contributed by atoms with van der Waals surface area (Å²) in [4.78, 5) is 14.8. The molecule has 0 saturated heterocycles. The van der Waals surface area contributed by atoms with Gasteiger partial charge < -0.3 is 14.8 Å². The van der Waals surface area contributed by atoms with Crippen LogP contribution in [0.25, 0.3) is 22.0 Å². The van der Waals surface area contributed by atoms with Crippen molar-refractivity contribution in [3.63, 3.8) is 0 Å². The fourth-order valence-corrected chi connectivity index (χ4v) is 2.51. The van der Waals surface area contributed by atoms with E-state index in [1.54, 1.807) is 6.07 Å². The molecule has 1 aromatic heterocycles. The zero-order chi connectivity index (χ0) is 17.5. The van der Waals surface area contributed by atoms with Crippen LogP contribution >= 0.6 is 0 Å². The third-order valence-electron chi connectivity index (χ3n) is 3.67. The first-order valence-electron chi connectivity index (χ1n) is 6.92. The lowest BCUT2D eigenvalue weighted by atomic mass is 10.0. The summed E-state index contributed by atoms with van der Waals surface area (Å²) in [6.45, 7) is 0. The monoisotopic (exact) mass is 335 g/mol. The maximum atomic E-state index is 12.9. The number of H-pyrrole nitrogens is 1. The van der Waals surface area contributed by atoms with Crippen molar-refractivity contribution in [1.82, 2.24) is 4.98 Å². The van der Waals surface area contributed by atoms with Gasteiger partial charge in [0.25, 0.3) is 5.56 Å². The van der Waals surface area contributed by atoms with E-state index in [1.165, 1.54) is 31.4 Å². The second-order valence-electron chi connectivity index (χ2n) is 5.17. The van der Waals surface area contributed by atoms with Gasteiger partial charge in [-0.15, -0.1) is 0 Å². The van der Waals surface area contributed by atoms with Crippen LogP contribution in [-0.4, -0.2) is 17.2 Å². The minimum Gasteiger partial charge on any atom is -0.506 e. The number of fused-ring (bicyclic) bond motifs is 1. The van der Waals surface area contributed by atoms with E-state index in [1.807, 2.05) is 0 Å². The van der Waals surface area contributed by atoms with Crippen LogP contribution in [0, 0.1) is 0 Å². The molecule has 0 bridgehead atoms. The van der Waals surface area contributed by atoms with Crippen molar-refractivity contribution in [2.75, 3.05) is 7.11 Å². The number of ether oxygens (including phenoxy) is 1. The van der Waals surface area contributed by atoms with Crippen LogP contribution in [0.4, 0.5) is 13.2 Å². The average Bonchev–Trinajstić information content (AvgIpc) is 2.53. The summed E-state index contributed by atoms with van der Waals surface area (Å²) in [6.07, 6.45) is -4.54. The first-order chi connectivity index (χ1) is 11.3. The molecule has 0 radical (unpaired) electrons. The summed E-state index contributed by atoms with van der Waals surface area (Å²) >= 11 is 0. The molecule has 0 spiro atoms. The van der Waals surface area contributed by atoms with Gasteiger partial charge in [0.15, 0.2) is 0 Å². The van der Waals surface area contributed by atoms with Crippen LogP contribution in [0.5, 0.6) is 11.5 Å². The summed E-state index contributed by atoms with van der Waals surface area (Å²) in [7, 11) is 1.45. The molecule has 4 nitrogen and oxygen atoms in total. The van der Waals surface area contributed by atoms with Crippen molar-refractivity contribution in [2.45, 2.75) is 6.18 Å². The highest BCUT2D eigenvalue weighted by Crippen LogP contribution is 2.36. The van der Waals surface area contributed by atoms with E-state index < -0.39 is 17.3 Å². The Labute approximate surface area is 134 Å². The number of rotatable bonds is 2. The van der Waals surface area contributed by atoms with Crippen LogP contribution in [0.1, 0.15) is 5.56 Å². The molecular weight excluding hydrogens is 323 g/mol. The fourth-order valence-electron chi connectivity index (χ4n) is 2.51. The number of hydrogen-bond donors (Lipinski definition) is 2. The molecule has 2 N–H and O–H groups in total. The van der Waals surface area contributed by atoms with Crippen molar-refractivity contribution in [2.24, 2.45) is 0 Å². The van der Waals surface area contributed by atoms with Gasteiger partial charge in [0.2, 0.25) is 0 Å². The Kier molecular flexibility index (Phi) is 3.71. The minimum absolute atomic E-state index is 0.0127. The molecule has 0 amide bonds. The summed E-state index contributed by atoms with van der Waals surface area (Å²) in [5.41, 5.74) is -1.48. The Hall–Kier alpha value is -2.96. The molecule has 0 fully saturated rings. The number of pyridine rings is 1. The molecule has 0 unspecified atom stereocenters. The fraction of sp³-hybridized carbons (Fsp3) is 0.118. The molecule has 24 heavy (non-hydrogen) atoms. The van der Waals surface area contributed by atoms with Crippen molar-refractivity contribution < 1.29 is 23.0 Å². The number of aromatic hydroxyl groups is 1. The number of nitrogens with one attached hydrogen (secondary N) is 1. The molecule has 0 aliphatic rings. The molecule has 2 aromatic carbocycles. The maximum Gasteiger partial charge on any atom is 0.416 e. The van der Waals surface area contributed by atoms with E-state index in [4.69, 9.17) is 4.74 Å². The Bertz CT molecular complexity index is 977. The van der Waals surface area contributed by atoms with E-state index in [9.17, 15) is 23.1 Å². The molecule has 0 aliphatic heterocycles. The molecule has 7 heteroatoms. The van der Waals surface area contributed by atoms with Gasteiger partial charge in [0.05, 0.1) is 23.8 Å². The summed E-state index contributed by atoms with van der Waals surface area (Å²) in [6, 6.07) is 8.89. The van der Waals surface area contributed by atoms with Crippen molar-refractivity contribution in [1.29, 1.82) is 0 Å². The third kappa shape index (κ3) is 2.68. The van der Waals surface area contributed by atoms with Crippen LogP contribution in [0.15, 0.2) is 47.3 Å². The van der Waals surface area contributed by atoms with E-state index >= 15 is 0 Å². The molecule has 3 aromatic rings. The zero-order valence-electron chi connectivity index (χ0n) is 12.4. The number of benzene rings is 2. The number of alkyl halides is 3. The van der Waals surface area contributed by atoms with Gasteiger partial charge in [0.1, 0.15) is 11.5 Å². The van der Waals surface area contributed by atoms with Crippen molar-refractivity contribution >= 4 is 10.9 Å². The van der Waals surface area contributed by atoms with Gasteiger partial charge in [-0.3, -0.25) is 4.79 Å². The lowest BCUT2D eigenvalue weighted by Crippen LogP contribution is -2.10. The topological polar surface area (TPSA) is 62.3 Å². The molecule has 1 heterocycles. The highest BCUT2D eigenvalue weighted by Gasteiger charge is 2.31. The smallest absolute Gasteiger partial charge is 0.416 e. The van der Waals surface area contributed by atoms with Gasteiger partial charge in [0, 0.05) is 11.5 Å². The van der Waals surface area contributed by atoms with E-state index in [0.29, 0.717) is 16.7 Å². The van der Waals surface area contributed by atoms with Crippen LogP contribution in [0.3, 0.4) is 0 Å². The Morgan fingerprint density at radius 2 is 1.88 bits per heavy atom. The summed E-state index contributed by atoms with van der Waals surface area (Å²) in [5.74, 6) is 0.0973. The lowest BCUT2D eigenvalue weighted by Gasteiger charge is -2.11. The van der Waals surface area contributed by atoms with Crippen molar-refractivity contribution in [3.8, 4) is 22.6 Å². The Morgan fingerprint density at radius 3 is 2.54 bits per heavy atom. The molecule has 0 atom stereocenters. The standard InChI is InChI=1S/C17H12F3NO3/c1-24-11-5-6-12-13(8-11)21-16(23)14(15(12)22)9-3-2-4-10(7-9)17(18,19)20/h2-8H,1H3,(H2,21,22,23). The normalized spacial score (nSPS) is 11.7. The number of aromatic nitrogens is 1. The van der Waals surface area contributed by atoms with E-state index in [-0.39, 0.29) is 16.9 Å². The first-order valence-corrected chi connectivity index (χ1v) is 6.92. The van der Waals surface area contributed by atoms with Gasteiger partial charge in [-0.25, -0.2) is 0 Å². The molecule has 0 aliphatic carbocycles.